The number of rotatable bonds is 6. The fraction of sp³-hybridized carbons (Fsp3) is 0.500. The van der Waals surface area contributed by atoms with Crippen LogP contribution >= 0.6 is 0 Å². The predicted octanol–water partition coefficient (Wildman–Crippen LogP) is 3.21. The zero-order chi connectivity index (χ0) is 28.4. The number of aryl methyl sites for hydroxylation is 1. The van der Waals surface area contributed by atoms with E-state index in [0.717, 1.165) is 36.5 Å². The van der Waals surface area contributed by atoms with Crippen molar-refractivity contribution in [1.29, 1.82) is 0 Å². The second-order valence-corrected chi connectivity index (χ2v) is 12.0. The van der Waals surface area contributed by atoms with Crippen molar-refractivity contribution in [2.45, 2.75) is 62.8 Å². The van der Waals surface area contributed by atoms with E-state index in [1.807, 2.05) is 44.3 Å². The number of likely N-dealkylation sites (N-methyl/N-ethyl adjacent to an activating group) is 1. The van der Waals surface area contributed by atoms with E-state index in [0.29, 0.717) is 12.0 Å². The summed E-state index contributed by atoms with van der Waals surface area (Å²) >= 11 is 0. The van der Waals surface area contributed by atoms with Crippen LogP contribution in [0, 0.1) is 12.3 Å². The number of amides is 1. The molecule has 40 heavy (non-hydrogen) atoms. The molecule has 1 aliphatic carbocycles. The average molecular weight is 546 g/mol. The van der Waals surface area contributed by atoms with Crippen molar-refractivity contribution in [2.75, 3.05) is 38.7 Å². The lowest BCUT2D eigenvalue weighted by Gasteiger charge is -2.64. The van der Waals surface area contributed by atoms with Crippen LogP contribution in [0.15, 0.2) is 54.6 Å². The third kappa shape index (κ3) is 3.51. The summed E-state index contributed by atoms with van der Waals surface area (Å²) < 4.78 is 11.8. The van der Waals surface area contributed by atoms with E-state index < -0.39 is 34.5 Å². The summed E-state index contributed by atoms with van der Waals surface area (Å²) in [5.41, 5.74) is 0.976. The number of methoxy groups -OCH3 is 1. The smallest absolute Gasteiger partial charge is 0.303 e. The number of nitrogens with zero attached hydrogens (tertiary/aromatic N) is 2. The van der Waals surface area contributed by atoms with Gasteiger partial charge in [-0.3, -0.25) is 14.5 Å². The fourth-order valence-electron chi connectivity index (χ4n) is 8.75. The molecule has 8 heteroatoms. The van der Waals surface area contributed by atoms with Crippen LogP contribution in [-0.4, -0.2) is 79.5 Å². The molecule has 2 aromatic carbocycles. The van der Waals surface area contributed by atoms with Gasteiger partial charge in [0.2, 0.25) is 0 Å². The maximum atomic E-state index is 13.4. The Morgan fingerprint density at radius 3 is 2.67 bits per heavy atom. The summed E-state index contributed by atoms with van der Waals surface area (Å²) in [4.78, 5) is 30.7. The van der Waals surface area contributed by atoms with E-state index in [9.17, 15) is 14.7 Å². The number of esters is 1. The molecule has 0 unspecified atom stereocenters. The minimum atomic E-state index is -1.60. The molecule has 8 nitrogen and oxygen atoms in total. The number of fused-ring (bicyclic) bond motifs is 1. The van der Waals surface area contributed by atoms with E-state index in [1.165, 1.54) is 12.5 Å². The first-order chi connectivity index (χ1) is 19.1. The lowest BCUT2D eigenvalue weighted by Crippen LogP contribution is -2.81. The van der Waals surface area contributed by atoms with Crippen molar-refractivity contribution >= 4 is 17.6 Å². The van der Waals surface area contributed by atoms with Crippen LogP contribution in [-0.2, 0) is 14.9 Å². The predicted molar refractivity (Wildman–Crippen MR) is 153 cm³/mol. The maximum absolute atomic E-state index is 13.4. The number of ether oxygens (including phenoxy) is 2. The minimum absolute atomic E-state index is 0.00851. The molecule has 4 aliphatic rings. The number of carbonyl (C=O) groups excluding carboxylic acids is 2. The van der Waals surface area contributed by atoms with Gasteiger partial charge in [-0.25, -0.2) is 0 Å². The van der Waals surface area contributed by atoms with Gasteiger partial charge in [0.15, 0.2) is 0 Å². The zero-order valence-electron chi connectivity index (χ0n) is 23.9. The Labute approximate surface area is 235 Å². The Bertz CT molecular complexity index is 1390. The van der Waals surface area contributed by atoms with Gasteiger partial charge in [-0.05, 0) is 50.1 Å². The number of hydrogen-bond donors (Lipinski definition) is 2. The van der Waals surface area contributed by atoms with Gasteiger partial charge in [-0.1, -0.05) is 42.8 Å². The van der Waals surface area contributed by atoms with Crippen molar-refractivity contribution in [2.24, 2.45) is 5.41 Å². The molecular formula is C32H39N3O5. The molecular weight excluding hydrogens is 506 g/mol. The summed E-state index contributed by atoms with van der Waals surface area (Å²) in [5.74, 6) is 0.0261. The van der Waals surface area contributed by atoms with Gasteiger partial charge in [-0.2, -0.15) is 0 Å². The zero-order valence-corrected chi connectivity index (χ0v) is 23.9. The van der Waals surface area contributed by atoms with E-state index in [2.05, 4.69) is 40.3 Å². The Morgan fingerprint density at radius 1 is 1.18 bits per heavy atom. The van der Waals surface area contributed by atoms with Gasteiger partial charge in [0.1, 0.15) is 17.5 Å². The normalized spacial score (nSPS) is 33.6. The molecule has 3 heterocycles. The van der Waals surface area contributed by atoms with Crippen LogP contribution in [0.5, 0.6) is 5.75 Å². The van der Waals surface area contributed by atoms with Gasteiger partial charge >= 0.3 is 5.97 Å². The van der Waals surface area contributed by atoms with Crippen LogP contribution in [0.4, 0.5) is 5.69 Å². The fourth-order valence-corrected chi connectivity index (χ4v) is 8.75. The second kappa shape index (κ2) is 9.35. The van der Waals surface area contributed by atoms with Gasteiger partial charge in [-0.15, -0.1) is 0 Å². The van der Waals surface area contributed by atoms with Crippen LogP contribution < -0.4 is 15.0 Å². The maximum Gasteiger partial charge on any atom is 0.303 e. The third-order valence-electron chi connectivity index (χ3n) is 10.0. The molecule has 2 aromatic rings. The molecule has 2 fully saturated rings. The number of carbonyl (C=O) groups is 2. The second-order valence-electron chi connectivity index (χ2n) is 12.0. The summed E-state index contributed by atoms with van der Waals surface area (Å²) in [7, 11) is 3.65. The topological polar surface area (TPSA) is 91.3 Å². The molecule has 1 saturated heterocycles. The van der Waals surface area contributed by atoms with Gasteiger partial charge in [0, 0.05) is 54.7 Å². The minimum Gasteiger partial charge on any atom is -0.497 e. The van der Waals surface area contributed by atoms with Gasteiger partial charge in [0.05, 0.1) is 19.7 Å². The van der Waals surface area contributed by atoms with Crippen LogP contribution in [0.25, 0.3) is 0 Å². The Morgan fingerprint density at radius 2 is 1.98 bits per heavy atom. The number of anilines is 1. The number of nitrogens with one attached hydrogen (secondary N) is 1. The monoisotopic (exact) mass is 545 g/mol. The van der Waals surface area contributed by atoms with Gasteiger partial charge < -0.3 is 24.8 Å². The first-order valence-corrected chi connectivity index (χ1v) is 14.2. The Balaban J connectivity index is 1.54. The first-order valence-electron chi connectivity index (χ1n) is 14.2. The van der Waals surface area contributed by atoms with Crippen molar-refractivity contribution in [3.05, 3.63) is 71.3 Å². The summed E-state index contributed by atoms with van der Waals surface area (Å²) in [5, 5.41) is 16.1. The molecule has 2 N–H and O–H groups in total. The molecule has 6 rings (SSSR count). The van der Waals surface area contributed by atoms with Crippen LogP contribution in [0.2, 0.25) is 0 Å². The highest BCUT2D eigenvalue weighted by Gasteiger charge is 2.77. The van der Waals surface area contributed by atoms with Gasteiger partial charge in [0.25, 0.3) is 5.91 Å². The largest absolute Gasteiger partial charge is 0.497 e. The summed E-state index contributed by atoms with van der Waals surface area (Å²) in [6.45, 7) is 7.06. The van der Waals surface area contributed by atoms with Crippen LogP contribution in [0.1, 0.15) is 48.2 Å². The number of benzene rings is 2. The molecule has 0 radical (unpaired) electrons. The Kier molecular flexibility index (Phi) is 6.27. The number of aliphatic hydroxyl groups is 1. The molecule has 0 aromatic heterocycles. The lowest BCUT2D eigenvalue weighted by atomic mass is 9.47. The molecule has 1 amide bonds. The summed E-state index contributed by atoms with van der Waals surface area (Å²) in [6.07, 6.45) is 4.96. The molecule has 3 aliphatic heterocycles. The number of hydrogen-bond acceptors (Lipinski definition) is 7. The van der Waals surface area contributed by atoms with Crippen molar-refractivity contribution in [3.63, 3.8) is 0 Å². The van der Waals surface area contributed by atoms with Crippen molar-refractivity contribution < 1.29 is 24.2 Å². The molecule has 6 atom stereocenters. The molecule has 0 bridgehead atoms. The molecule has 1 saturated carbocycles. The quantitative estimate of drug-likeness (QED) is 0.426. The molecule has 1 spiro atoms. The first kappa shape index (κ1) is 26.8. The third-order valence-corrected chi connectivity index (χ3v) is 10.0. The van der Waals surface area contributed by atoms with Crippen molar-refractivity contribution in [3.8, 4) is 5.75 Å². The molecule has 212 valence electrons. The lowest BCUT2D eigenvalue weighted by molar-refractivity contribution is -0.216. The average Bonchev–Trinajstić information content (AvgIpc) is 3.46. The highest BCUT2D eigenvalue weighted by atomic mass is 16.6. The van der Waals surface area contributed by atoms with E-state index in [-0.39, 0.29) is 18.5 Å². The van der Waals surface area contributed by atoms with Crippen LogP contribution in [0.3, 0.4) is 0 Å². The van der Waals surface area contributed by atoms with E-state index >= 15 is 0 Å². The standard InChI is InChI=1S/C32H39N3O5/c1-6-30-13-8-15-35-16-14-31(27(30)35)24-12-11-23(39-5)18-25(24)34(4)28(31)32(38,29(30)40-21(3)36)19-33-26(37)22-10-7-9-20(2)17-22/h7-13,17-18,27-29,38H,6,14-16,19H2,1-5H3,(H,33,37)/t27-,28+,29+,30+,31+,32-/m0/s1. The highest BCUT2D eigenvalue weighted by Crippen LogP contribution is 2.67. The SMILES string of the molecule is CC[C@]12C=CCN3CC[C@@]4(c5ccc(OC)cc5N(C)[C@H]4[C@@](O)(CNC(=O)c4cccc(C)c4)[C@@H]1OC(C)=O)[C@@H]32. The van der Waals surface area contributed by atoms with Crippen molar-refractivity contribution in [1.82, 2.24) is 10.2 Å². The van der Waals surface area contributed by atoms with E-state index in [1.54, 1.807) is 13.2 Å². The Hall–Kier alpha value is -3.36. The summed E-state index contributed by atoms with van der Waals surface area (Å²) in [6, 6.07) is 13.1. The highest BCUT2D eigenvalue weighted by molar-refractivity contribution is 5.94. The van der Waals surface area contributed by atoms with E-state index in [4.69, 9.17) is 9.47 Å².